The van der Waals surface area contributed by atoms with Gasteiger partial charge in [0.2, 0.25) is 0 Å². The van der Waals surface area contributed by atoms with Crippen LogP contribution in [0.5, 0.6) is 0 Å². The summed E-state index contributed by atoms with van der Waals surface area (Å²) in [6.45, 7) is 6.93. The summed E-state index contributed by atoms with van der Waals surface area (Å²) in [5, 5.41) is 0. The van der Waals surface area contributed by atoms with Crippen LogP contribution >= 0.6 is 0 Å². The minimum absolute atomic E-state index is 0.152. The standard InChI is InChI=1S/C11H19NO2/c1-4-14-10(13)11(2,3)9-7-5-6-8-12-9/h4-8H2,1-3H3. The fourth-order valence-electron chi connectivity index (χ4n) is 1.64. The highest BCUT2D eigenvalue weighted by molar-refractivity contribution is 6.06. The average Bonchev–Trinajstić information content (AvgIpc) is 2.19. The van der Waals surface area contributed by atoms with E-state index in [-0.39, 0.29) is 5.97 Å². The summed E-state index contributed by atoms with van der Waals surface area (Å²) in [6, 6.07) is 0. The SMILES string of the molecule is CCOC(=O)C(C)(C)C1=NCCCC1. The van der Waals surface area contributed by atoms with Gasteiger partial charge in [0.1, 0.15) is 5.41 Å². The van der Waals surface area contributed by atoms with Crippen molar-refractivity contribution in [3.63, 3.8) is 0 Å². The molecule has 0 fully saturated rings. The molecule has 0 radical (unpaired) electrons. The van der Waals surface area contributed by atoms with E-state index in [4.69, 9.17) is 4.74 Å². The number of hydrogen-bond donors (Lipinski definition) is 0. The number of esters is 1. The van der Waals surface area contributed by atoms with Crippen molar-refractivity contribution in [2.24, 2.45) is 10.4 Å². The molecule has 1 aliphatic rings. The summed E-state index contributed by atoms with van der Waals surface area (Å²) in [4.78, 5) is 16.1. The molecule has 0 unspecified atom stereocenters. The first kappa shape index (κ1) is 11.2. The molecule has 1 rings (SSSR count). The van der Waals surface area contributed by atoms with Gasteiger partial charge in [0.05, 0.1) is 6.61 Å². The Hall–Kier alpha value is -0.860. The third-order valence-corrected chi connectivity index (χ3v) is 2.63. The normalized spacial score (nSPS) is 17.5. The van der Waals surface area contributed by atoms with Gasteiger partial charge in [-0.1, -0.05) is 0 Å². The van der Waals surface area contributed by atoms with Gasteiger partial charge < -0.3 is 4.74 Å². The van der Waals surface area contributed by atoms with Crippen LogP contribution in [0.4, 0.5) is 0 Å². The molecule has 0 atom stereocenters. The lowest BCUT2D eigenvalue weighted by atomic mass is 9.83. The lowest BCUT2D eigenvalue weighted by molar-refractivity contribution is -0.149. The number of carbonyl (C=O) groups is 1. The number of hydrogen-bond acceptors (Lipinski definition) is 3. The lowest BCUT2D eigenvalue weighted by Crippen LogP contribution is -2.36. The van der Waals surface area contributed by atoms with Crippen LogP contribution in [0.3, 0.4) is 0 Å². The third-order valence-electron chi connectivity index (χ3n) is 2.63. The minimum Gasteiger partial charge on any atom is -0.465 e. The molecular weight excluding hydrogens is 178 g/mol. The van der Waals surface area contributed by atoms with E-state index in [2.05, 4.69) is 4.99 Å². The van der Waals surface area contributed by atoms with Crippen LogP contribution in [0.1, 0.15) is 40.0 Å². The van der Waals surface area contributed by atoms with Gasteiger partial charge in [-0.25, -0.2) is 0 Å². The number of ether oxygens (including phenoxy) is 1. The van der Waals surface area contributed by atoms with Crippen LogP contribution in [-0.4, -0.2) is 24.8 Å². The van der Waals surface area contributed by atoms with E-state index in [0.29, 0.717) is 6.61 Å². The van der Waals surface area contributed by atoms with Crippen molar-refractivity contribution in [3.8, 4) is 0 Å². The first-order chi connectivity index (χ1) is 6.59. The van der Waals surface area contributed by atoms with E-state index in [1.54, 1.807) is 0 Å². The minimum atomic E-state index is -0.531. The van der Waals surface area contributed by atoms with E-state index >= 15 is 0 Å². The molecule has 14 heavy (non-hydrogen) atoms. The van der Waals surface area contributed by atoms with Gasteiger partial charge in [-0.15, -0.1) is 0 Å². The van der Waals surface area contributed by atoms with Crippen LogP contribution in [0.2, 0.25) is 0 Å². The van der Waals surface area contributed by atoms with Gasteiger partial charge >= 0.3 is 5.97 Å². The summed E-state index contributed by atoms with van der Waals surface area (Å²) >= 11 is 0. The molecule has 0 N–H and O–H groups in total. The van der Waals surface area contributed by atoms with Gasteiger partial charge in [-0.05, 0) is 40.0 Å². The summed E-state index contributed by atoms with van der Waals surface area (Å²) in [7, 11) is 0. The average molecular weight is 197 g/mol. The molecule has 0 aliphatic carbocycles. The zero-order valence-electron chi connectivity index (χ0n) is 9.30. The summed E-state index contributed by atoms with van der Waals surface area (Å²) in [5.41, 5.74) is 0.471. The van der Waals surface area contributed by atoms with Crippen molar-refractivity contribution >= 4 is 11.7 Å². The monoisotopic (exact) mass is 197 g/mol. The predicted molar refractivity (Wildman–Crippen MR) is 56.6 cm³/mol. The Balaban J connectivity index is 2.72. The zero-order chi connectivity index (χ0) is 10.6. The van der Waals surface area contributed by atoms with Gasteiger partial charge in [0.25, 0.3) is 0 Å². The van der Waals surface area contributed by atoms with Crippen molar-refractivity contribution in [1.82, 2.24) is 0 Å². The second kappa shape index (κ2) is 4.58. The summed E-state index contributed by atoms with van der Waals surface area (Å²) in [6.07, 6.45) is 3.22. The van der Waals surface area contributed by atoms with Crippen LogP contribution in [-0.2, 0) is 9.53 Å². The molecule has 80 valence electrons. The van der Waals surface area contributed by atoms with Crippen molar-refractivity contribution in [2.75, 3.05) is 13.2 Å². The Bertz CT molecular complexity index is 244. The molecule has 3 heteroatoms. The van der Waals surface area contributed by atoms with E-state index in [1.807, 2.05) is 20.8 Å². The topological polar surface area (TPSA) is 38.7 Å². The molecule has 0 saturated carbocycles. The molecule has 0 aromatic heterocycles. The Morgan fingerprint density at radius 2 is 2.21 bits per heavy atom. The Morgan fingerprint density at radius 1 is 1.50 bits per heavy atom. The van der Waals surface area contributed by atoms with Gasteiger partial charge in [-0.3, -0.25) is 9.79 Å². The molecule has 0 spiro atoms. The molecular formula is C11H19NO2. The molecule has 0 aromatic rings. The lowest BCUT2D eigenvalue weighted by Gasteiger charge is -2.26. The maximum Gasteiger partial charge on any atom is 0.317 e. The molecule has 0 amide bonds. The predicted octanol–water partition coefficient (Wildman–Crippen LogP) is 2.20. The highest BCUT2D eigenvalue weighted by Crippen LogP contribution is 2.25. The highest BCUT2D eigenvalue weighted by atomic mass is 16.5. The zero-order valence-corrected chi connectivity index (χ0v) is 9.30. The quantitative estimate of drug-likeness (QED) is 0.650. The van der Waals surface area contributed by atoms with Crippen LogP contribution in [0, 0.1) is 5.41 Å². The molecule has 0 saturated heterocycles. The van der Waals surface area contributed by atoms with E-state index in [1.165, 1.54) is 0 Å². The van der Waals surface area contributed by atoms with Crippen LogP contribution in [0.15, 0.2) is 4.99 Å². The maximum absolute atomic E-state index is 11.7. The second-order valence-corrected chi connectivity index (χ2v) is 4.13. The second-order valence-electron chi connectivity index (χ2n) is 4.13. The smallest absolute Gasteiger partial charge is 0.317 e. The van der Waals surface area contributed by atoms with Gasteiger partial charge in [0, 0.05) is 12.3 Å². The van der Waals surface area contributed by atoms with E-state index in [9.17, 15) is 4.79 Å². The number of nitrogens with zero attached hydrogens (tertiary/aromatic N) is 1. The number of carbonyl (C=O) groups excluding carboxylic acids is 1. The van der Waals surface area contributed by atoms with Gasteiger partial charge in [-0.2, -0.15) is 0 Å². The largest absolute Gasteiger partial charge is 0.465 e. The Kier molecular flexibility index (Phi) is 3.67. The van der Waals surface area contributed by atoms with Crippen molar-refractivity contribution in [3.05, 3.63) is 0 Å². The molecule has 3 nitrogen and oxygen atoms in total. The van der Waals surface area contributed by atoms with E-state index in [0.717, 1.165) is 31.5 Å². The Labute approximate surface area is 85.6 Å². The molecule has 0 bridgehead atoms. The maximum atomic E-state index is 11.7. The fraction of sp³-hybridized carbons (Fsp3) is 0.818. The first-order valence-electron chi connectivity index (χ1n) is 5.30. The van der Waals surface area contributed by atoms with Crippen LogP contribution < -0.4 is 0 Å². The summed E-state index contributed by atoms with van der Waals surface area (Å²) in [5.74, 6) is -0.152. The number of aliphatic imine (C=N–C) groups is 1. The van der Waals surface area contributed by atoms with Crippen molar-refractivity contribution < 1.29 is 9.53 Å². The number of rotatable bonds is 3. The van der Waals surface area contributed by atoms with Crippen molar-refractivity contribution in [2.45, 2.75) is 40.0 Å². The highest BCUT2D eigenvalue weighted by Gasteiger charge is 2.35. The van der Waals surface area contributed by atoms with Crippen molar-refractivity contribution in [1.29, 1.82) is 0 Å². The first-order valence-corrected chi connectivity index (χ1v) is 5.30. The molecule has 1 aliphatic heterocycles. The summed E-state index contributed by atoms with van der Waals surface area (Å²) < 4.78 is 5.04. The van der Waals surface area contributed by atoms with Crippen LogP contribution in [0.25, 0.3) is 0 Å². The molecule has 1 heterocycles. The fourth-order valence-corrected chi connectivity index (χ4v) is 1.64. The third kappa shape index (κ3) is 2.34. The Morgan fingerprint density at radius 3 is 2.71 bits per heavy atom. The molecule has 0 aromatic carbocycles. The van der Waals surface area contributed by atoms with Gasteiger partial charge in [0.15, 0.2) is 0 Å². The van der Waals surface area contributed by atoms with E-state index < -0.39 is 5.41 Å².